The van der Waals surface area contributed by atoms with E-state index in [2.05, 4.69) is 9.72 Å². The van der Waals surface area contributed by atoms with E-state index in [-0.39, 0.29) is 4.88 Å². The van der Waals surface area contributed by atoms with Crippen LogP contribution in [0.3, 0.4) is 0 Å². The number of rotatable bonds is 2. The molecule has 0 saturated heterocycles. The van der Waals surface area contributed by atoms with Gasteiger partial charge in [0.2, 0.25) is 0 Å². The number of hydrogen-bond donors (Lipinski definition) is 0. The van der Waals surface area contributed by atoms with Crippen LogP contribution in [0, 0.1) is 0 Å². The monoisotopic (exact) mass is 225 g/mol. The molecule has 0 fully saturated rings. The number of methoxy groups -OCH3 is 1. The van der Waals surface area contributed by atoms with Crippen LogP contribution in [-0.2, 0) is 22.1 Å². The third kappa shape index (κ3) is 2.44. The van der Waals surface area contributed by atoms with Crippen LogP contribution >= 0.6 is 11.3 Å². The Bertz CT molecular complexity index is 334. The third-order valence-electron chi connectivity index (χ3n) is 1.44. The van der Waals surface area contributed by atoms with E-state index in [0.29, 0.717) is 0 Å². The molecule has 78 valence electrons. The van der Waals surface area contributed by atoms with Gasteiger partial charge >= 0.3 is 12.1 Å². The summed E-state index contributed by atoms with van der Waals surface area (Å²) >= 11 is 0.788. The summed E-state index contributed by atoms with van der Waals surface area (Å²) in [4.78, 5) is 13.8. The standard InChI is InChI=1S/C7H6F3NO2S/c1-13-5(12)2-4-6(7(8,9)10)11-3-14-4/h3H,2H2,1H3. The highest BCUT2D eigenvalue weighted by Crippen LogP contribution is 2.32. The van der Waals surface area contributed by atoms with E-state index in [9.17, 15) is 18.0 Å². The van der Waals surface area contributed by atoms with Crippen LogP contribution in [0.4, 0.5) is 13.2 Å². The number of ether oxygens (including phenoxy) is 1. The second-order valence-electron chi connectivity index (χ2n) is 2.37. The molecule has 0 saturated carbocycles. The molecule has 7 heteroatoms. The largest absolute Gasteiger partial charge is 0.469 e. The maximum Gasteiger partial charge on any atom is 0.434 e. The number of alkyl halides is 3. The summed E-state index contributed by atoms with van der Waals surface area (Å²) in [5.74, 6) is -0.709. The summed E-state index contributed by atoms with van der Waals surface area (Å²) in [5, 5.41) is 0. The van der Waals surface area contributed by atoms with Crippen molar-refractivity contribution in [3.63, 3.8) is 0 Å². The maximum atomic E-state index is 12.2. The molecule has 0 atom stereocenters. The van der Waals surface area contributed by atoms with Gasteiger partial charge in [-0.05, 0) is 0 Å². The van der Waals surface area contributed by atoms with E-state index in [1.807, 2.05) is 0 Å². The summed E-state index contributed by atoms with van der Waals surface area (Å²) < 4.78 is 40.9. The van der Waals surface area contributed by atoms with Gasteiger partial charge in [0.1, 0.15) is 0 Å². The van der Waals surface area contributed by atoms with Crippen molar-refractivity contribution >= 4 is 17.3 Å². The molecule has 0 aliphatic carbocycles. The van der Waals surface area contributed by atoms with Crippen molar-refractivity contribution < 1.29 is 22.7 Å². The number of hydrogen-bond acceptors (Lipinski definition) is 4. The zero-order valence-corrected chi connectivity index (χ0v) is 7.91. The van der Waals surface area contributed by atoms with E-state index < -0.39 is 24.3 Å². The highest BCUT2D eigenvalue weighted by Gasteiger charge is 2.36. The third-order valence-corrected chi connectivity index (χ3v) is 2.27. The van der Waals surface area contributed by atoms with Crippen LogP contribution in [0.15, 0.2) is 5.51 Å². The molecule has 14 heavy (non-hydrogen) atoms. The topological polar surface area (TPSA) is 39.2 Å². The second-order valence-corrected chi connectivity index (χ2v) is 3.31. The van der Waals surface area contributed by atoms with E-state index in [1.165, 1.54) is 0 Å². The van der Waals surface area contributed by atoms with Crippen molar-refractivity contribution in [2.75, 3.05) is 7.11 Å². The van der Waals surface area contributed by atoms with Gasteiger partial charge in [-0.15, -0.1) is 11.3 Å². The molecule has 0 amide bonds. The summed E-state index contributed by atoms with van der Waals surface area (Å²) in [6.07, 6.45) is -4.90. The van der Waals surface area contributed by atoms with Gasteiger partial charge in [0.05, 0.1) is 19.0 Å². The molecule has 0 aliphatic heterocycles. The number of esters is 1. The summed E-state index contributed by atoms with van der Waals surface area (Å²) in [7, 11) is 1.12. The normalized spacial score (nSPS) is 11.4. The molecular weight excluding hydrogens is 219 g/mol. The van der Waals surface area contributed by atoms with Crippen molar-refractivity contribution in [1.82, 2.24) is 4.98 Å². The van der Waals surface area contributed by atoms with Crippen LogP contribution < -0.4 is 0 Å². The van der Waals surface area contributed by atoms with Crippen molar-refractivity contribution in [3.05, 3.63) is 16.1 Å². The van der Waals surface area contributed by atoms with E-state index in [1.54, 1.807) is 0 Å². The van der Waals surface area contributed by atoms with Crippen LogP contribution in [0.25, 0.3) is 0 Å². The minimum absolute atomic E-state index is 0.121. The van der Waals surface area contributed by atoms with Crippen LogP contribution in [0.2, 0.25) is 0 Å². The number of halogens is 3. The first-order valence-electron chi connectivity index (χ1n) is 3.51. The van der Waals surface area contributed by atoms with Gasteiger partial charge in [0.25, 0.3) is 0 Å². The Labute approximate surface area is 81.5 Å². The zero-order valence-electron chi connectivity index (χ0n) is 7.09. The van der Waals surface area contributed by atoms with E-state index in [0.717, 1.165) is 24.0 Å². The minimum atomic E-state index is -4.51. The average Bonchev–Trinajstić information content (AvgIpc) is 2.51. The Morgan fingerprint density at radius 1 is 1.64 bits per heavy atom. The molecule has 0 spiro atoms. The number of carbonyl (C=O) groups excluding carboxylic acids is 1. The Morgan fingerprint density at radius 2 is 2.29 bits per heavy atom. The molecule has 0 bridgehead atoms. The molecule has 0 unspecified atom stereocenters. The summed E-state index contributed by atoms with van der Waals surface area (Å²) in [5.41, 5.74) is 0.0501. The number of aromatic nitrogens is 1. The minimum Gasteiger partial charge on any atom is -0.469 e. The highest BCUT2D eigenvalue weighted by molar-refractivity contribution is 7.09. The predicted molar refractivity (Wildman–Crippen MR) is 42.8 cm³/mol. The van der Waals surface area contributed by atoms with Crippen LogP contribution in [0.1, 0.15) is 10.6 Å². The molecule has 1 rings (SSSR count). The van der Waals surface area contributed by atoms with E-state index in [4.69, 9.17) is 0 Å². The van der Waals surface area contributed by atoms with Crippen molar-refractivity contribution in [3.8, 4) is 0 Å². The van der Waals surface area contributed by atoms with Gasteiger partial charge in [-0.25, -0.2) is 4.98 Å². The van der Waals surface area contributed by atoms with Crippen molar-refractivity contribution in [2.45, 2.75) is 12.6 Å². The maximum absolute atomic E-state index is 12.2. The quantitative estimate of drug-likeness (QED) is 0.721. The molecule has 1 aromatic heterocycles. The second kappa shape index (κ2) is 3.95. The van der Waals surface area contributed by atoms with Gasteiger partial charge in [0, 0.05) is 4.88 Å². The molecule has 1 heterocycles. The summed E-state index contributed by atoms with van der Waals surface area (Å²) in [6, 6.07) is 0. The lowest BCUT2D eigenvalue weighted by Gasteiger charge is -2.04. The van der Waals surface area contributed by atoms with Gasteiger partial charge in [0.15, 0.2) is 5.69 Å². The number of thiazole rings is 1. The van der Waals surface area contributed by atoms with Crippen molar-refractivity contribution in [2.24, 2.45) is 0 Å². The molecule has 0 aliphatic rings. The van der Waals surface area contributed by atoms with Gasteiger partial charge in [-0.2, -0.15) is 13.2 Å². The number of nitrogens with zero attached hydrogens (tertiary/aromatic N) is 1. The lowest BCUT2D eigenvalue weighted by molar-refractivity contribution is -0.143. The smallest absolute Gasteiger partial charge is 0.434 e. The van der Waals surface area contributed by atoms with Gasteiger partial charge < -0.3 is 4.74 Å². The molecule has 0 aromatic carbocycles. The fourth-order valence-electron chi connectivity index (χ4n) is 0.830. The Morgan fingerprint density at radius 3 is 2.79 bits per heavy atom. The molecule has 0 N–H and O–H groups in total. The van der Waals surface area contributed by atoms with Crippen LogP contribution in [0.5, 0.6) is 0 Å². The Balaban J connectivity index is 2.88. The highest BCUT2D eigenvalue weighted by atomic mass is 32.1. The predicted octanol–water partition coefficient (Wildman–Crippen LogP) is 1.88. The first-order chi connectivity index (χ1) is 6.45. The van der Waals surface area contributed by atoms with Gasteiger partial charge in [-0.1, -0.05) is 0 Å². The molecule has 1 aromatic rings. The Hall–Kier alpha value is -1.11. The lowest BCUT2D eigenvalue weighted by atomic mass is 10.3. The van der Waals surface area contributed by atoms with Crippen LogP contribution in [-0.4, -0.2) is 18.1 Å². The van der Waals surface area contributed by atoms with Crippen molar-refractivity contribution in [1.29, 1.82) is 0 Å². The molecule has 0 radical (unpaired) electrons. The molecular formula is C7H6F3NO2S. The zero-order chi connectivity index (χ0) is 10.8. The van der Waals surface area contributed by atoms with Gasteiger partial charge in [-0.3, -0.25) is 4.79 Å². The van der Waals surface area contributed by atoms with E-state index >= 15 is 0 Å². The first-order valence-corrected chi connectivity index (χ1v) is 4.39. The summed E-state index contributed by atoms with van der Waals surface area (Å²) in [6.45, 7) is 0. The lowest BCUT2D eigenvalue weighted by Crippen LogP contribution is -2.12. The SMILES string of the molecule is COC(=O)Cc1scnc1C(F)(F)F. The fraction of sp³-hybridized carbons (Fsp3) is 0.429. The number of carbonyl (C=O) groups is 1. The fourth-order valence-corrected chi connectivity index (χ4v) is 1.60. The first kappa shape index (κ1) is 11.0. The Kier molecular flexibility index (Phi) is 3.10. The molecule has 3 nitrogen and oxygen atoms in total. The average molecular weight is 225 g/mol.